The largest absolute Gasteiger partial charge is 0.480 e. The average molecular weight is 252 g/mol. The summed E-state index contributed by atoms with van der Waals surface area (Å²) in [6.45, 7) is 1.65. The number of nitrogens with one attached hydrogen (secondary N) is 1. The second-order valence-corrected chi connectivity index (χ2v) is 5.08. The Bertz CT molecular complexity index is 343. The molecule has 0 bridgehead atoms. The zero-order valence-electron chi connectivity index (χ0n) is 10.7. The Morgan fingerprint density at radius 1 is 1.44 bits per heavy atom. The van der Waals surface area contributed by atoms with Gasteiger partial charge >= 0.3 is 5.97 Å². The Hall–Kier alpha value is -1.57. The van der Waals surface area contributed by atoms with Crippen LogP contribution in [0.5, 0.6) is 0 Å². The highest BCUT2D eigenvalue weighted by Gasteiger charge is 2.24. The zero-order valence-corrected chi connectivity index (χ0v) is 10.7. The first kappa shape index (κ1) is 14.5. The number of hydrogen-bond acceptors (Lipinski definition) is 3. The normalized spacial score (nSPS) is 18.9. The number of nitriles is 1. The van der Waals surface area contributed by atoms with Crippen LogP contribution < -0.4 is 5.32 Å². The lowest BCUT2D eigenvalue weighted by atomic mass is 10.0. The standard InChI is InChI=1S/C13H20N2O3/c1-9(8-14)6-11(13(17)18)15-12(16)7-10-4-2-3-5-10/h9-11H,2-7H2,1H3,(H,15,16)(H,17,18)/t9-,11-/m1/s1. The molecule has 0 spiro atoms. The van der Waals surface area contributed by atoms with E-state index in [1.54, 1.807) is 6.92 Å². The fraction of sp³-hybridized carbons (Fsp3) is 0.769. The summed E-state index contributed by atoms with van der Waals surface area (Å²) in [5.74, 6) is -1.26. The lowest BCUT2D eigenvalue weighted by Gasteiger charge is -2.16. The molecule has 0 aromatic rings. The third-order valence-corrected chi connectivity index (χ3v) is 3.39. The Kier molecular flexibility index (Phi) is 5.63. The molecule has 1 amide bonds. The molecule has 2 N–H and O–H groups in total. The van der Waals surface area contributed by atoms with E-state index in [2.05, 4.69) is 5.32 Å². The van der Waals surface area contributed by atoms with E-state index < -0.39 is 12.0 Å². The molecule has 0 saturated heterocycles. The van der Waals surface area contributed by atoms with Gasteiger partial charge in [0, 0.05) is 12.3 Å². The van der Waals surface area contributed by atoms with Gasteiger partial charge in [-0.1, -0.05) is 12.8 Å². The van der Waals surface area contributed by atoms with E-state index in [4.69, 9.17) is 10.4 Å². The van der Waals surface area contributed by atoms with Crippen LogP contribution >= 0.6 is 0 Å². The third kappa shape index (κ3) is 4.74. The van der Waals surface area contributed by atoms with Gasteiger partial charge in [0.25, 0.3) is 0 Å². The first-order valence-electron chi connectivity index (χ1n) is 6.44. The SMILES string of the molecule is C[C@@H](C#N)C[C@@H](NC(=O)CC1CCCC1)C(=O)O. The molecule has 1 saturated carbocycles. The molecule has 1 aliphatic rings. The molecule has 0 unspecified atom stereocenters. The van der Waals surface area contributed by atoms with E-state index >= 15 is 0 Å². The monoisotopic (exact) mass is 252 g/mol. The van der Waals surface area contributed by atoms with Gasteiger partial charge in [-0.05, 0) is 32.1 Å². The Morgan fingerprint density at radius 2 is 2.06 bits per heavy atom. The maximum Gasteiger partial charge on any atom is 0.326 e. The minimum atomic E-state index is -1.07. The number of hydrogen-bond donors (Lipinski definition) is 2. The second kappa shape index (κ2) is 7.00. The van der Waals surface area contributed by atoms with Crippen LogP contribution in [0.2, 0.25) is 0 Å². The van der Waals surface area contributed by atoms with Crippen LogP contribution in [-0.4, -0.2) is 23.0 Å². The third-order valence-electron chi connectivity index (χ3n) is 3.39. The number of carbonyl (C=O) groups is 2. The molecular weight excluding hydrogens is 232 g/mol. The van der Waals surface area contributed by atoms with E-state index in [0.717, 1.165) is 25.7 Å². The molecule has 5 heteroatoms. The van der Waals surface area contributed by atoms with Crippen molar-refractivity contribution in [3.8, 4) is 6.07 Å². The summed E-state index contributed by atoms with van der Waals surface area (Å²) >= 11 is 0. The zero-order chi connectivity index (χ0) is 13.5. The van der Waals surface area contributed by atoms with E-state index in [1.807, 2.05) is 6.07 Å². The van der Waals surface area contributed by atoms with Crippen molar-refractivity contribution in [3.63, 3.8) is 0 Å². The van der Waals surface area contributed by atoms with Crippen LogP contribution in [0.4, 0.5) is 0 Å². The van der Waals surface area contributed by atoms with Gasteiger partial charge in [-0.3, -0.25) is 4.79 Å². The highest BCUT2D eigenvalue weighted by atomic mass is 16.4. The van der Waals surface area contributed by atoms with Gasteiger partial charge in [-0.2, -0.15) is 5.26 Å². The van der Waals surface area contributed by atoms with Gasteiger partial charge in [0.2, 0.25) is 5.91 Å². The van der Waals surface area contributed by atoms with Crippen molar-refractivity contribution < 1.29 is 14.7 Å². The molecule has 100 valence electrons. The molecule has 0 aromatic carbocycles. The molecule has 1 aliphatic carbocycles. The molecule has 0 aromatic heterocycles. The smallest absolute Gasteiger partial charge is 0.326 e. The van der Waals surface area contributed by atoms with Crippen LogP contribution in [0, 0.1) is 23.2 Å². The van der Waals surface area contributed by atoms with Crippen LogP contribution in [0.1, 0.15) is 45.4 Å². The summed E-state index contributed by atoms with van der Waals surface area (Å²) in [6.07, 6.45) is 4.99. The van der Waals surface area contributed by atoms with Crippen molar-refractivity contribution in [1.82, 2.24) is 5.32 Å². The van der Waals surface area contributed by atoms with E-state index in [9.17, 15) is 9.59 Å². The summed E-state index contributed by atoms with van der Waals surface area (Å²) in [6, 6.07) is 1.03. The summed E-state index contributed by atoms with van der Waals surface area (Å²) in [5.41, 5.74) is 0. The highest BCUT2D eigenvalue weighted by Crippen LogP contribution is 2.27. The Balaban J connectivity index is 2.42. The Morgan fingerprint density at radius 3 is 2.56 bits per heavy atom. The lowest BCUT2D eigenvalue weighted by Crippen LogP contribution is -2.42. The molecular formula is C13H20N2O3. The fourth-order valence-corrected chi connectivity index (χ4v) is 2.36. The first-order valence-corrected chi connectivity index (χ1v) is 6.44. The molecule has 0 radical (unpaired) electrons. The van der Waals surface area contributed by atoms with Crippen molar-refractivity contribution in [2.45, 2.75) is 51.5 Å². The van der Waals surface area contributed by atoms with Gasteiger partial charge in [-0.15, -0.1) is 0 Å². The van der Waals surface area contributed by atoms with Crippen molar-refractivity contribution >= 4 is 11.9 Å². The van der Waals surface area contributed by atoms with Gasteiger partial charge < -0.3 is 10.4 Å². The van der Waals surface area contributed by atoms with Crippen LogP contribution in [0.25, 0.3) is 0 Å². The van der Waals surface area contributed by atoms with Crippen LogP contribution in [0.15, 0.2) is 0 Å². The number of rotatable bonds is 6. The highest BCUT2D eigenvalue weighted by molar-refractivity contribution is 5.83. The maximum atomic E-state index is 11.7. The number of aliphatic carboxylic acids is 1. The topological polar surface area (TPSA) is 90.2 Å². The molecule has 0 heterocycles. The summed E-state index contributed by atoms with van der Waals surface area (Å²) in [7, 11) is 0. The van der Waals surface area contributed by atoms with Gasteiger partial charge in [0.15, 0.2) is 0 Å². The van der Waals surface area contributed by atoms with E-state index in [-0.39, 0.29) is 18.2 Å². The van der Waals surface area contributed by atoms with Gasteiger partial charge in [0.05, 0.1) is 6.07 Å². The number of carboxylic acids is 1. The summed E-state index contributed by atoms with van der Waals surface area (Å²) < 4.78 is 0. The maximum absolute atomic E-state index is 11.7. The number of carbonyl (C=O) groups excluding carboxylic acids is 1. The number of carboxylic acid groups (broad SMARTS) is 1. The van der Waals surface area contributed by atoms with Crippen molar-refractivity contribution in [2.24, 2.45) is 11.8 Å². The first-order chi connectivity index (χ1) is 8.52. The second-order valence-electron chi connectivity index (χ2n) is 5.08. The summed E-state index contributed by atoms with van der Waals surface area (Å²) in [4.78, 5) is 22.7. The predicted molar refractivity (Wildman–Crippen MR) is 65.5 cm³/mol. The minimum Gasteiger partial charge on any atom is -0.480 e. The number of nitrogens with zero attached hydrogens (tertiary/aromatic N) is 1. The van der Waals surface area contributed by atoms with Crippen LogP contribution in [0.3, 0.4) is 0 Å². The number of amides is 1. The quantitative estimate of drug-likeness (QED) is 0.752. The average Bonchev–Trinajstić information content (AvgIpc) is 2.80. The van der Waals surface area contributed by atoms with E-state index in [0.29, 0.717) is 12.3 Å². The molecule has 18 heavy (non-hydrogen) atoms. The molecule has 0 aliphatic heterocycles. The van der Waals surface area contributed by atoms with Gasteiger partial charge in [0.1, 0.15) is 6.04 Å². The fourth-order valence-electron chi connectivity index (χ4n) is 2.36. The molecule has 5 nitrogen and oxygen atoms in total. The minimum absolute atomic E-state index is 0.155. The lowest BCUT2D eigenvalue weighted by molar-refractivity contribution is -0.142. The van der Waals surface area contributed by atoms with Crippen molar-refractivity contribution in [2.75, 3.05) is 0 Å². The Labute approximate surface area is 107 Å². The van der Waals surface area contributed by atoms with Crippen LogP contribution in [-0.2, 0) is 9.59 Å². The molecule has 1 rings (SSSR count). The van der Waals surface area contributed by atoms with Crippen molar-refractivity contribution in [1.29, 1.82) is 5.26 Å². The van der Waals surface area contributed by atoms with E-state index in [1.165, 1.54) is 0 Å². The molecule has 1 fully saturated rings. The summed E-state index contributed by atoms with van der Waals surface area (Å²) in [5, 5.41) is 20.2. The van der Waals surface area contributed by atoms with Gasteiger partial charge in [-0.25, -0.2) is 4.79 Å². The predicted octanol–water partition coefficient (Wildman–Crippen LogP) is 1.69. The molecule has 2 atom stereocenters. The van der Waals surface area contributed by atoms with Crippen molar-refractivity contribution in [3.05, 3.63) is 0 Å².